The molecule has 0 bridgehead atoms. The third-order valence-electron chi connectivity index (χ3n) is 11.1. The predicted molar refractivity (Wildman–Crippen MR) is 158 cm³/mol. The molecule has 5 heterocycles. The van der Waals surface area contributed by atoms with Crippen LogP contribution in [0.1, 0.15) is 54.9 Å². The first-order valence-electron chi connectivity index (χ1n) is 15.3. The quantitative estimate of drug-likeness (QED) is 0.335. The minimum Gasteiger partial charge on any atom is -0.480 e. The Morgan fingerprint density at radius 3 is 2.68 bits per heavy atom. The molecule has 2 saturated carbocycles. The smallest absolute Gasteiger partial charge is 0.302 e. The number of aromatic nitrogens is 2. The highest BCUT2D eigenvalue weighted by atomic mass is 16.6. The minimum atomic E-state index is -0.648. The molecule has 1 amide bonds. The minimum absolute atomic E-state index is 0.0407. The molecule has 13 nitrogen and oxygen atoms in total. The summed E-state index contributed by atoms with van der Waals surface area (Å²) in [6.45, 7) is 7.77. The summed E-state index contributed by atoms with van der Waals surface area (Å²) in [5, 5.41) is 32.6. The number of aromatic hydroxyl groups is 1. The second-order valence-corrected chi connectivity index (χ2v) is 13.4. The number of hydrogen-bond donors (Lipinski definition) is 4. The lowest BCUT2D eigenvalue weighted by atomic mass is 9.44. The summed E-state index contributed by atoms with van der Waals surface area (Å²) in [6.07, 6.45) is 7.25. The Hall–Kier alpha value is -3.36. The van der Waals surface area contributed by atoms with E-state index in [1.807, 2.05) is 13.0 Å². The highest BCUT2D eigenvalue weighted by Gasteiger charge is 2.71. The number of aliphatic hydroxyl groups is 2. The SMILES string of the molecule is Cn1c(=Cc2cc(C=CC3C4(CO4)C(N4CCOCC4)CC4[C@]3(C)CC[C@@H](O)[C@@]4(C)CO)c(O)o2)nc2c1=NC(N)=NC2=O. The van der Waals surface area contributed by atoms with Crippen LogP contribution < -0.4 is 16.7 Å². The normalized spacial score (nSPS) is 37.6. The molecule has 0 aromatic carbocycles. The summed E-state index contributed by atoms with van der Waals surface area (Å²) in [6, 6.07) is 1.83. The van der Waals surface area contributed by atoms with E-state index < -0.39 is 23.0 Å². The highest BCUT2D eigenvalue weighted by Crippen LogP contribution is 2.66. The number of hydrogen-bond acceptors (Lipinski definition) is 11. The summed E-state index contributed by atoms with van der Waals surface area (Å²) in [5.74, 6) is -0.582. The van der Waals surface area contributed by atoms with Gasteiger partial charge in [0.25, 0.3) is 5.95 Å². The maximum atomic E-state index is 12.3. The van der Waals surface area contributed by atoms with Crippen molar-refractivity contribution in [3.8, 4) is 5.95 Å². The lowest BCUT2D eigenvalue weighted by Crippen LogP contribution is -2.67. The molecule has 2 saturated heterocycles. The van der Waals surface area contributed by atoms with E-state index in [-0.39, 0.29) is 47.5 Å². The van der Waals surface area contributed by atoms with E-state index in [1.165, 1.54) is 0 Å². The number of nitrogens with two attached hydrogens (primary N) is 1. The van der Waals surface area contributed by atoms with Gasteiger partial charge in [-0.3, -0.25) is 9.69 Å². The van der Waals surface area contributed by atoms with Crippen molar-refractivity contribution in [2.75, 3.05) is 39.5 Å². The fraction of sp³-hybridized carbons (Fsp3) is 0.613. The number of aliphatic imine (C=N–C) groups is 1. The zero-order valence-corrected chi connectivity index (χ0v) is 25.3. The van der Waals surface area contributed by atoms with Crippen molar-refractivity contribution in [2.45, 2.75) is 50.9 Å². The van der Waals surface area contributed by atoms with Gasteiger partial charge in [-0.25, -0.2) is 4.98 Å². The number of morpholine rings is 1. The van der Waals surface area contributed by atoms with Crippen molar-refractivity contribution in [3.63, 3.8) is 0 Å². The van der Waals surface area contributed by atoms with Crippen LogP contribution in [0.15, 0.2) is 26.5 Å². The molecule has 4 unspecified atom stereocenters. The number of guanidine groups is 1. The lowest BCUT2D eigenvalue weighted by Gasteiger charge is -2.63. The molecule has 236 valence electrons. The van der Waals surface area contributed by atoms with Crippen LogP contribution in [-0.4, -0.2) is 98.9 Å². The van der Waals surface area contributed by atoms with Crippen LogP contribution in [0.4, 0.5) is 0 Å². The van der Waals surface area contributed by atoms with Crippen molar-refractivity contribution in [3.05, 3.63) is 40.1 Å². The first-order chi connectivity index (χ1) is 21.0. The number of carbonyl (C=O) groups excluding carboxylic acids is 1. The van der Waals surface area contributed by atoms with Gasteiger partial charge in [-0.05, 0) is 36.7 Å². The average molecular weight is 609 g/mol. The number of epoxide rings is 1. The molecule has 3 aliphatic heterocycles. The Bertz CT molecular complexity index is 1670. The van der Waals surface area contributed by atoms with Crippen LogP contribution in [0.3, 0.4) is 0 Å². The monoisotopic (exact) mass is 608 g/mol. The van der Waals surface area contributed by atoms with E-state index in [4.69, 9.17) is 19.6 Å². The van der Waals surface area contributed by atoms with E-state index >= 15 is 0 Å². The molecule has 1 spiro atoms. The Balaban J connectivity index is 1.25. The fourth-order valence-corrected chi connectivity index (χ4v) is 8.57. The first kappa shape index (κ1) is 29.4. The fourth-order valence-electron chi connectivity index (χ4n) is 8.57. The molecule has 2 aromatic heterocycles. The molecular weight excluding hydrogens is 568 g/mol. The van der Waals surface area contributed by atoms with Crippen molar-refractivity contribution in [1.82, 2.24) is 14.5 Å². The summed E-state index contributed by atoms with van der Waals surface area (Å²) in [7, 11) is 1.71. The molecule has 7 rings (SSSR count). The van der Waals surface area contributed by atoms with Crippen molar-refractivity contribution < 1.29 is 34.0 Å². The summed E-state index contributed by atoms with van der Waals surface area (Å²) < 4.78 is 19.4. The number of aliphatic hydroxyl groups excluding tert-OH is 2. The Kier molecular flexibility index (Phi) is 6.90. The van der Waals surface area contributed by atoms with Crippen LogP contribution in [0.2, 0.25) is 0 Å². The van der Waals surface area contributed by atoms with Crippen LogP contribution >= 0.6 is 0 Å². The van der Waals surface area contributed by atoms with Crippen LogP contribution in [-0.2, 0) is 16.5 Å². The number of rotatable bonds is 5. The highest BCUT2D eigenvalue weighted by molar-refractivity contribution is 6.03. The van der Waals surface area contributed by atoms with Gasteiger partial charge in [-0.1, -0.05) is 26.0 Å². The van der Waals surface area contributed by atoms with Crippen LogP contribution in [0.25, 0.3) is 12.2 Å². The number of nitrogens with zero attached hydrogens (tertiary/aromatic N) is 5. The Morgan fingerprint density at radius 1 is 1.23 bits per heavy atom. The van der Waals surface area contributed by atoms with E-state index in [9.17, 15) is 20.1 Å². The largest absolute Gasteiger partial charge is 0.480 e. The standard InChI is InChI=1S/C31H40N6O7/c1-29-7-6-22(39)30(2,15-38)20(29)14-21(37-8-10-42-11-9-37)31(16-43-31)19(29)5-4-17-12-18(44-27(17)41)13-23-33-24-25(36(23)3)34-28(32)35-26(24)40/h4-5,12-13,19-22,38-39,41H,6-11,14-16H2,1-3H3,(H2,32,35,40)/t19?,20?,21?,22-,29-,30+,31?/m1/s1. The topological polar surface area (TPSA) is 184 Å². The second-order valence-electron chi connectivity index (χ2n) is 13.4. The summed E-state index contributed by atoms with van der Waals surface area (Å²) >= 11 is 0. The van der Waals surface area contributed by atoms with Crippen LogP contribution in [0, 0.1) is 22.7 Å². The number of amides is 1. The van der Waals surface area contributed by atoms with Gasteiger partial charge >= 0.3 is 5.91 Å². The van der Waals surface area contributed by atoms with E-state index in [2.05, 4.69) is 32.9 Å². The molecule has 2 aliphatic carbocycles. The lowest BCUT2D eigenvalue weighted by molar-refractivity contribution is -0.186. The molecule has 2 aromatic rings. The number of ether oxygens (including phenoxy) is 2. The van der Waals surface area contributed by atoms with Gasteiger partial charge in [-0.2, -0.15) is 9.98 Å². The van der Waals surface area contributed by atoms with Gasteiger partial charge in [0.15, 0.2) is 11.2 Å². The van der Waals surface area contributed by atoms with E-state index in [0.717, 1.165) is 25.9 Å². The summed E-state index contributed by atoms with van der Waals surface area (Å²) in [5.41, 5.74) is 5.64. The van der Waals surface area contributed by atoms with Gasteiger partial charge in [0, 0.05) is 43.6 Å². The molecule has 13 heteroatoms. The second kappa shape index (κ2) is 10.3. The van der Waals surface area contributed by atoms with Crippen molar-refractivity contribution >= 4 is 24.0 Å². The molecule has 0 radical (unpaired) electrons. The molecule has 5 N–H and O–H groups in total. The predicted octanol–water partition coefficient (Wildman–Crippen LogP) is -0.0857. The Morgan fingerprint density at radius 2 is 1.98 bits per heavy atom. The first-order valence-corrected chi connectivity index (χ1v) is 15.3. The molecule has 5 aliphatic rings. The van der Waals surface area contributed by atoms with E-state index in [0.29, 0.717) is 48.5 Å². The third-order valence-corrected chi connectivity index (χ3v) is 11.1. The molecule has 7 atom stereocenters. The number of carbonyl (C=O) groups is 1. The van der Waals surface area contributed by atoms with Crippen molar-refractivity contribution in [2.24, 2.45) is 45.4 Å². The van der Waals surface area contributed by atoms with Gasteiger partial charge in [-0.15, -0.1) is 0 Å². The van der Waals surface area contributed by atoms with Crippen LogP contribution in [0.5, 0.6) is 5.95 Å². The maximum absolute atomic E-state index is 12.3. The van der Waals surface area contributed by atoms with Crippen molar-refractivity contribution in [1.29, 1.82) is 0 Å². The zero-order valence-electron chi connectivity index (χ0n) is 25.3. The zero-order chi connectivity index (χ0) is 31.0. The van der Waals surface area contributed by atoms with Gasteiger partial charge in [0.05, 0.1) is 38.1 Å². The van der Waals surface area contributed by atoms with Gasteiger partial charge in [0.1, 0.15) is 16.8 Å². The number of fused-ring (bicyclic) bond motifs is 2. The number of imidazole rings is 1. The Labute approximate surface area is 254 Å². The third kappa shape index (κ3) is 4.39. The number of furan rings is 1. The molecular formula is C31H40N6O7. The molecule has 44 heavy (non-hydrogen) atoms. The maximum Gasteiger partial charge on any atom is 0.302 e. The van der Waals surface area contributed by atoms with Gasteiger partial charge in [0.2, 0.25) is 5.96 Å². The van der Waals surface area contributed by atoms with E-state index in [1.54, 1.807) is 23.8 Å². The average Bonchev–Trinajstić information content (AvgIpc) is 3.61. The molecule has 4 fully saturated rings. The summed E-state index contributed by atoms with van der Waals surface area (Å²) in [4.78, 5) is 26.8. The van der Waals surface area contributed by atoms with Gasteiger partial charge < -0.3 is 39.5 Å².